The predicted octanol–water partition coefficient (Wildman–Crippen LogP) is 1.93. The molecule has 3 atom stereocenters. The molecular formula is C16H21NO4. The Kier molecular flexibility index (Phi) is 4.96. The number of esters is 2. The van der Waals surface area contributed by atoms with Crippen LogP contribution in [0, 0.1) is 0 Å². The highest BCUT2D eigenvalue weighted by Crippen LogP contribution is 2.34. The Bertz CT molecular complexity index is 478. The average Bonchev–Trinajstić information content (AvgIpc) is 2.98. The minimum Gasteiger partial charge on any atom is -0.468 e. The summed E-state index contributed by atoms with van der Waals surface area (Å²) in [5.74, 6) is -0.603. The van der Waals surface area contributed by atoms with Crippen molar-refractivity contribution in [3.8, 4) is 0 Å². The summed E-state index contributed by atoms with van der Waals surface area (Å²) < 4.78 is 9.76. The first-order valence-electron chi connectivity index (χ1n) is 7.08. The van der Waals surface area contributed by atoms with E-state index in [4.69, 9.17) is 9.47 Å². The van der Waals surface area contributed by atoms with Crippen molar-refractivity contribution in [3.63, 3.8) is 0 Å². The summed E-state index contributed by atoms with van der Waals surface area (Å²) in [4.78, 5) is 25.9. The molecule has 0 N–H and O–H groups in total. The van der Waals surface area contributed by atoms with Crippen LogP contribution in [0.1, 0.15) is 31.4 Å². The van der Waals surface area contributed by atoms with Crippen molar-refractivity contribution in [2.75, 3.05) is 14.2 Å². The van der Waals surface area contributed by atoms with E-state index in [1.807, 2.05) is 42.2 Å². The lowest BCUT2D eigenvalue weighted by atomic mass is 10.0. The number of methoxy groups -OCH3 is 2. The zero-order valence-corrected chi connectivity index (χ0v) is 12.6. The fraction of sp³-hybridized carbons (Fsp3) is 0.500. The van der Waals surface area contributed by atoms with Crippen LogP contribution >= 0.6 is 0 Å². The van der Waals surface area contributed by atoms with Crippen molar-refractivity contribution < 1.29 is 19.1 Å². The van der Waals surface area contributed by atoms with Gasteiger partial charge in [-0.3, -0.25) is 14.5 Å². The van der Waals surface area contributed by atoms with E-state index in [2.05, 4.69) is 0 Å². The van der Waals surface area contributed by atoms with E-state index < -0.39 is 12.1 Å². The molecule has 1 aromatic carbocycles. The minimum atomic E-state index is -0.408. The number of likely N-dealkylation sites (tertiary alicyclic amines) is 1. The fourth-order valence-electron chi connectivity index (χ4n) is 3.03. The summed E-state index contributed by atoms with van der Waals surface area (Å²) in [6.45, 7) is 1.99. The Morgan fingerprint density at radius 3 is 1.95 bits per heavy atom. The quantitative estimate of drug-likeness (QED) is 0.793. The lowest BCUT2D eigenvalue weighted by molar-refractivity contribution is -0.152. The van der Waals surface area contributed by atoms with E-state index in [0.717, 1.165) is 5.56 Å². The summed E-state index contributed by atoms with van der Waals surface area (Å²) in [7, 11) is 2.75. The average molecular weight is 291 g/mol. The smallest absolute Gasteiger partial charge is 0.323 e. The zero-order valence-electron chi connectivity index (χ0n) is 12.6. The molecule has 0 unspecified atom stereocenters. The first-order chi connectivity index (χ1) is 10.1. The van der Waals surface area contributed by atoms with Crippen LogP contribution in [0.3, 0.4) is 0 Å². The molecule has 1 aliphatic rings. The van der Waals surface area contributed by atoms with Gasteiger partial charge < -0.3 is 9.47 Å². The van der Waals surface area contributed by atoms with E-state index in [0.29, 0.717) is 12.8 Å². The molecule has 114 valence electrons. The molecule has 21 heavy (non-hydrogen) atoms. The summed E-state index contributed by atoms with van der Waals surface area (Å²) in [6, 6.07) is 8.93. The lowest BCUT2D eigenvalue weighted by Crippen LogP contribution is -2.46. The fourth-order valence-corrected chi connectivity index (χ4v) is 3.03. The van der Waals surface area contributed by atoms with E-state index >= 15 is 0 Å². The van der Waals surface area contributed by atoms with Gasteiger partial charge in [0.2, 0.25) is 0 Å². The standard InChI is InChI=1S/C16H21NO4/c1-11(12-7-5-4-6-8-12)17-13(15(18)20-2)9-10-14(17)16(19)21-3/h4-8,11,13-14H,9-10H2,1-3H3/t11-,13-,14-/m0/s1. The molecule has 0 amide bonds. The number of nitrogens with zero attached hydrogens (tertiary/aromatic N) is 1. The number of carbonyl (C=O) groups is 2. The molecular weight excluding hydrogens is 270 g/mol. The number of hydrogen-bond donors (Lipinski definition) is 0. The second kappa shape index (κ2) is 6.72. The van der Waals surface area contributed by atoms with Crippen LogP contribution in [0.25, 0.3) is 0 Å². The molecule has 5 nitrogen and oxygen atoms in total. The van der Waals surface area contributed by atoms with Crippen molar-refractivity contribution in [3.05, 3.63) is 35.9 Å². The third-order valence-electron chi connectivity index (χ3n) is 4.11. The van der Waals surface area contributed by atoms with Crippen LogP contribution in [0.2, 0.25) is 0 Å². The molecule has 0 aromatic heterocycles. The maximum absolute atomic E-state index is 12.0. The Balaban J connectivity index is 2.31. The molecule has 1 aliphatic heterocycles. The molecule has 1 aromatic rings. The van der Waals surface area contributed by atoms with Gasteiger partial charge in [-0.05, 0) is 25.3 Å². The van der Waals surface area contributed by atoms with Gasteiger partial charge in [0.1, 0.15) is 12.1 Å². The normalized spacial score (nSPS) is 23.6. The number of benzene rings is 1. The highest BCUT2D eigenvalue weighted by Gasteiger charge is 2.45. The van der Waals surface area contributed by atoms with Gasteiger partial charge in [0.15, 0.2) is 0 Å². The summed E-state index contributed by atoms with van der Waals surface area (Å²) >= 11 is 0. The van der Waals surface area contributed by atoms with Crippen molar-refractivity contribution in [2.24, 2.45) is 0 Å². The number of ether oxygens (including phenoxy) is 2. The molecule has 0 aliphatic carbocycles. The van der Waals surface area contributed by atoms with Gasteiger partial charge in [-0.25, -0.2) is 0 Å². The third kappa shape index (κ3) is 3.08. The van der Waals surface area contributed by atoms with Gasteiger partial charge in [0.05, 0.1) is 14.2 Å². The van der Waals surface area contributed by atoms with Crippen molar-refractivity contribution in [1.29, 1.82) is 0 Å². The van der Waals surface area contributed by atoms with Crippen molar-refractivity contribution >= 4 is 11.9 Å². The highest BCUT2D eigenvalue weighted by atomic mass is 16.5. The molecule has 2 rings (SSSR count). The predicted molar refractivity (Wildman–Crippen MR) is 77.5 cm³/mol. The van der Waals surface area contributed by atoms with Crippen LogP contribution in [0.5, 0.6) is 0 Å². The minimum absolute atomic E-state index is 0.0677. The molecule has 1 fully saturated rings. The van der Waals surface area contributed by atoms with Gasteiger partial charge >= 0.3 is 11.9 Å². The van der Waals surface area contributed by atoms with Gasteiger partial charge in [0, 0.05) is 6.04 Å². The van der Waals surface area contributed by atoms with Crippen LogP contribution in [0.4, 0.5) is 0 Å². The van der Waals surface area contributed by atoms with E-state index in [1.54, 1.807) is 0 Å². The molecule has 5 heteroatoms. The van der Waals surface area contributed by atoms with Crippen LogP contribution < -0.4 is 0 Å². The second-order valence-electron chi connectivity index (χ2n) is 5.19. The van der Waals surface area contributed by atoms with Crippen LogP contribution in [-0.2, 0) is 19.1 Å². The first kappa shape index (κ1) is 15.5. The van der Waals surface area contributed by atoms with Gasteiger partial charge in [-0.2, -0.15) is 0 Å². The Morgan fingerprint density at radius 1 is 1.05 bits per heavy atom. The Labute approximate surface area is 124 Å². The van der Waals surface area contributed by atoms with E-state index in [9.17, 15) is 9.59 Å². The van der Waals surface area contributed by atoms with E-state index in [1.165, 1.54) is 14.2 Å². The zero-order chi connectivity index (χ0) is 15.4. The van der Waals surface area contributed by atoms with Gasteiger partial charge in [0.25, 0.3) is 0 Å². The van der Waals surface area contributed by atoms with Crippen molar-refractivity contribution in [1.82, 2.24) is 4.90 Å². The summed E-state index contributed by atoms with van der Waals surface area (Å²) in [6.07, 6.45) is 1.20. The van der Waals surface area contributed by atoms with Gasteiger partial charge in [-0.15, -0.1) is 0 Å². The first-order valence-corrected chi connectivity index (χ1v) is 7.08. The number of rotatable bonds is 4. The number of hydrogen-bond acceptors (Lipinski definition) is 5. The Morgan fingerprint density at radius 2 is 1.52 bits per heavy atom. The Hall–Kier alpha value is -1.88. The summed E-state index contributed by atoms with van der Waals surface area (Å²) in [5, 5.41) is 0. The third-order valence-corrected chi connectivity index (χ3v) is 4.11. The molecule has 0 saturated carbocycles. The lowest BCUT2D eigenvalue weighted by Gasteiger charge is -2.33. The van der Waals surface area contributed by atoms with Crippen LogP contribution in [0.15, 0.2) is 30.3 Å². The molecule has 0 bridgehead atoms. The monoisotopic (exact) mass is 291 g/mol. The topological polar surface area (TPSA) is 55.8 Å². The largest absolute Gasteiger partial charge is 0.468 e. The highest BCUT2D eigenvalue weighted by molar-refractivity contribution is 5.81. The molecule has 0 spiro atoms. The molecule has 1 saturated heterocycles. The van der Waals surface area contributed by atoms with E-state index in [-0.39, 0.29) is 18.0 Å². The number of carbonyl (C=O) groups excluding carboxylic acids is 2. The molecule has 1 heterocycles. The van der Waals surface area contributed by atoms with Gasteiger partial charge in [-0.1, -0.05) is 30.3 Å². The van der Waals surface area contributed by atoms with Crippen molar-refractivity contribution in [2.45, 2.75) is 37.9 Å². The van der Waals surface area contributed by atoms with Crippen LogP contribution in [-0.4, -0.2) is 43.1 Å². The SMILES string of the molecule is COC(=O)[C@@H]1CC[C@@H](C(=O)OC)N1[C@@H](C)c1ccccc1. The maximum atomic E-state index is 12.0. The summed E-state index contributed by atoms with van der Waals surface area (Å²) in [5.41, 5.74) is 1.06. The second-order valence-corrected chi connectivity index (χ2v) is 5.19. The molecule has 0 radical (unpaired) electrons. The maximum Gasteiger partial charge on any atom is 0.323 e.